The molecular formula is C34H44O2Ti. The van der Waals surface area contributed by atoms with Gasteiger partial charge < -0.3 is 9.47 Å². The van der Waals surface area contributed by atoms with Crippen LogP contribution in [0.3, 0.4) is 0 Å². The predicted octanol–water partition coefficient (Wildman–Crippen LogP) is 9.26. The van der Waals surface area contributed by atoms with Gasteiger partial charge in [-0.3, -0.25) is 0 Å². The predicted molar refractivity (Wildman–Crippen MR) is 154 cm³/mol. The van der Waals surface area contributed by atoms with Crippen molar-refractivity contribution in [3.8, 4) is 11.5 Å². The summed E-state index contributed by atoms with van der Waals surface area (Å²) >= 11 is 0. The largest absolute Gasteiger partial charge is 4.00 e. The van der Waals surface area contributed by atoms with Gasteiger partial charge >= 0.3 is 21.7 Å². The van der Waals surface area contributed by atoms with E-state index in [-0.39, 0.29) is 21.7 Å². The number of hydrogen-bond acceptors (Lipinski definition) is 2. The Balaban J connectivity index is 0.000000463. The molecule has 0 unspecified atom stereocenters. The van der Waals surface area contributed by atoms with E-state index in [0.717, 1.165) is 24.7 Å². The Kier molecular flexibility index (Phi) is 23.4. The van der Waals surface area contributed by atoms with Gasteiger partial charge in [0.05, 0.1) is 13.2 Å². The van der Waals surface area contributed by atoms with E-state index < -0.39 is 0 Å². The van der Waals surface area contributed by atoms with Crippen molar-refractivity contribution in [1.82, 2.24) is 0 Å². The van der Waals surface area contributed by atoms with Gasteiger partial charge in [0.1, 0.15) is 0 Å². The number of unbranched alkanes of at least 4 members (excludes halogenated alkanes) is 2. The zero-order valence-corrected chi connectivity index (χ0v) is 24.8. The van der Waals surface area contributed by atoms with E-state index in [4.69, 9.17) is 9.47 Å². The molecule has 0 amide bonds. The maximum Gasteiger partial charge on any atom is 4.00 e. The van der Waals surface area contributed by atoms with Crippen molar-refractivity contribution < 1.29 is 31.2 Å². The molecule has 2 nitrogen and oxygen atoms in total. The van der Waals surface area contributed by atoms with Crippen LogP contribution in [-0.2, 0) is 34.6 Å². The number of rotatable bonds is 10. The maximum atomic E-state index is 5.17. The van der Waals surface area contributed by atoms with Crippen LogP contribution in [0.2, 0.25) is 0 Å². The summed E-state index contributed by atoms with van der Waals surface area (Å²) in [5.41, 5.74) is 2.97. The van der Waals surface area contributed by atoms with Crippen LogP contribution in [0.1, 0.15) is 64.5 Å². The second-order valence-corrected chi connectivity index (χ2v) is 8.14. The van der Waals surface area contributed by atoms with E-state index in [0.29, 0.717) is 0 Å². The molecule has 0 heterocycles. The number of hydrogen-bond donors (Lipinski definition) is 0. The van der Waals surface area contributed by atoms with Gasteiger partial charge in [0.25, 0.3) is 0 Å². The average Bonchev–Trinajstić information content (AvgIpc) is 3.64. The fraction of sp³-hybridized carbons (Fsp3) is 0.353. The van der Waals surface area contributed by atoms with E-state index in [1.54, 1.807) is 0 Å². The Labute approximate surface area is 241 Å². The Morgan fingerprint density at radius 3 is 1.24 bits per heavy atom. The smallest absolute Gasteiger partial charge is 0.551 e. The molecule has 37 heavy (non-hydrogen) atoms. The Hall–Kier alpha value is -2.55. The van der Waals surface area contributed by atoms with Crippen LogP contribution in [0.4, 0.5) is 0 Å². The monoisotopic (exact) mass is 532 g/mol. The molecule has 4 rings (SSSR count). The SMILES string of the molecule is CCCC[c-]1cccc1.CCCC[c-]1cccc1.CCOc1c[c-]ccc1.CCOc1c[c-]ccc1.[Ti+4]. The molecule has 0 saturated heterocycles. The summed E-state index contributed by atoms with van der Waals surface area (Å²) in [6, 6.07) is 38.0. The van der Waals surface area contributed by atoms with Crippen molar-refractivity contribution in [2.75, 3.05) is 13.2 Å². The molecule has 0 aliphatic heterocycles. The first-order valence-electron chi connectivity index (χ1n) is 13.3. The molecule has 0 fully saturated rings. The van der Waals surface area contributed by atoms with Crippen LogP contribution < -0.4 is 9.47 Å². The molecule has 0 bridgehead atoms. The van der Waals surface area contributed by atoms with Crippen LogP contribution in [0.15, 0.2) is 97.1 Å². The molecule has 0 atom stereocenters. The molecule has 0 aliphatic carbocycles. The summed E-state index contributed by atoms with van der Waals surface area (Å²) in [5, 5.41) is 0. The molecular weight excluding hydrogens is 488 g/mol. The van der Waals surface area contributed by atoms with Gasteiger partial charge in [-0.1, -0.05) is 52.4 Å². The molecule has 0 aromatic heterocycles. The maximum absolute atomic E-state index is 5.17. The molecule has 196 valence electrons. The first-order chi connectivity index (χ1) is 17.7. The van der Waals surface area contributed by atoms with Crippen molar-refractivity contribution in [1.29, 1.82) is 0 Å². The van der Waals surface area contributed by atoms with E-state index in [9.17, 15) is 0 Å². The zero-order valence-electron chi connectivity index (χ0n) is 23.2. The Bertz CT molecular complexity index is 837. The summed E-state index contributed by atoms with van der Waals surface area (Å²) in [6.07, 6.45) is 7.75. The quantitative estimate of drug-likeness (QED) is 0.150. The molecule has 0 spiro atoms. The van der Waals surface area contributed by atoms with Crippen LogP contribution in [0.25, 0.3) is 0 Å². The van der Waals surface area contributed by atoms with Crippen molar-refractivity contribution >= 4 is 0 Å². The number of ether oxygens (including phenoxy) is 2. The van der Waals surface area contributed by atoms with Gasteiger partial charge in [-0.25, -0.2) is 24.3 Å². The third-order valence-electron chi connectivity index (χ3n) is 5.08. The van der Waals surface area contributed by atoms with Gasteiger partial charge in [-0.15, -0.1) is 24.3 Å². The van der Waals surface area contributed by atoms with Crippen molar-refractivity contribution in [3.63, 3.8) is 0 Å². The van der Waals surface area contributed by atoms with E-state index in [1.165, 1.54) is 49.7 Å². The van der Waals surface area contributed by atoms with Crippen molar-refractivity contribution in [2.24, 2.45) is 0 Å². The van der Waals surface area contributed by atoms with Crippen LogP contribution in [0, 0.1) is 12.1 Å². The average molecular weight is 533 g/mol. The van der Waals surface area contributed by atoms with Crippen LogP contribution in [0.5, 0.6) is 11.5 Å². The van der Waals surface area contributed by atoms with Gasteiger partial charge in [-0.2, -0.15) is 71.8 Å². The molecule has 0 N–H and O–H groups in total. The minimum Gasteiger partial charge on any atom is -0.551 e. The van der Waals surface area contributed by atoms with Gasteiger partial charge in [0.15, 0.2) is 0 Å². The second-order valence-electron chi connectivity index (χ2n) is 8.14. The summed E-state index contributed by atoms with van der Waals surface area (Å²) in [7, 11) is 0. The summed E-state index contributed by atoms with van der Waals surface area (Å²) in [6.45, 7) is 9.82. The Morgan fingerprint density at radius 1 is 0.595 bits per heavy atom. The minimum atomic E-state index is 0. The fourth-order valence-electron chi connectivity index (χ4n) is 3.19. The molecule has 0 aliphatic rings. The molecule has 0 saturated carbocycles. The standard InChI is InChI=1S/2C9H13.2C8H9O.Ti/c2*1-2-3-6-9-7-4-5-8-9;2*1-2-9-8-6-4-3-5-7-8;/h2*4-5,7-8H,2-3,6H2,1H3;2*3-4,6-7H,2H2,1H3;/q4*-1;+4. The summed E-state index contributed by atoms with van der Waals surface area (Å²) in [4.78, 5) is 0. The van der Waals surface area contributed by atoms with Crippen LogP contribution >= 0.6 is 0 Å². The molecule has 4 aromatic carbocycles. The second kappa shape index (κ2) is 25.1. The normalized spacial score (nSPS) is 9.19. The molecule has 3 heteroatoms. The molecule has 4 aromatic rings. The number of aryl methyl sites for hydroxylation is 2. The van der Waals surface area contributed by atoms with E-state index in [2.05, 4.69) is 74.5 Å². The van der Waals surface area contributed by atoms with E-state index >= 15 is 0 Å². The third-order valence-corrected chi connectivity index (χ3v) is 5.08. The van der Waals surface area contributed by atoms with Gasteiger partial charge in [-0.05, 0) is 13.8 Å². The zero-order chi connectivity index (χ0) is 26.1. The first-order valence-corrected chi connectivity index (χ1v) is 13.3. The van der Waals surface area contributed by atoms with Crippen molar-refractivity contribution in [3.05, 3.63) is 120 Å². The minimum absolute atomic E-state index is 0. The first kappa shape index (κ1) is 34.5. The van der Waals surface area contributed by atoms with Crippen molar-refractivity contribution in [2.45, 2.75) is 66.2 Å². The molecule has 0 radical (unpaired) electrons. The van der Waals surface area contributed by atoms with Gasteiger partial charge in [0.2, 0.25) is 0 Å². The topological polar surface area (TPSA) is 18.5 Å². The van der Waals surface area contributed by atoms with E-state index in [1.807, 2.05) is 62.4 Å². The summed E-state index contributed by atoms with van der Waals surface area (Å²) < 4.78 is 10.3. The third kappa shape index (κ3) is 19.3. The van der Waals surface area contributed by atoms with Crippen LogP contribution in [-0.4, -0.2) is 13.2 Å². The number of benzene rings is 2. The Morgan fingerprint density at radius 2 is 0.973 bits per heavy atom. The van der Waals surface area contributed by atoms with Gasteiger partial charge in [0, 0.05) is 11.5 Å². The fourth-order valence-corrected chi connectivity index (χ4v) is 3.19. The summed E-state index contributed by atoms with van der Waals surface area (Å²) in [5.74, 6) is 1.78.